The SMILES string of the molecule is c1ccc(-c2ccc3c(c2)-c2ccc(-c4cc(-c5nc(-c6ccccc6)nc(-c6ccccc6)n5)cc(-c5cccc6ccccc56)c4)cc2C32C3CC4CC(C3)CC2C4)cc1. The molecule has 4 fully saturated rings. The van der Waals surface area contributed by atoms with Gasteiger partial charge < -0.3 is 0 Å². The van der Waals surface area contributed by atoms with Gasteiger partial charge in [0, 0.05) is 22.1 Å². The van der Waals surface area contributed by atoms with Gasteiger partial charge in [0.05, 0.1) is 0 Å². The fourth-order valence-corrected chi connectivity index (χ4v) is 12.7. The second kappa shape index (κ2) is 14.0. The molecular formula is C59H45N3. The lowest BCUT2D eigenvalue weighted by molar-refractivity contribution is -0.0399. The fraction of sp³-hybridized carbons (Fsp3) is 0.169. The lowest BCUT2D eigenvalue weighted by Crippen LogP contribution is -2.55. The molecule has 14 rings (SSSR count). The molecule has 0 radical (unpaired) electrons. The summed E-state index contributed by atoms with van der Waals surface area (Å²) >= 11 is 0. The van der Waals surface area contributed by atoms with E-state index in [0.29, 0.717) is 29.3 Å². The Kier molecular flexibility index (Phi) is 8.10. The van der Waals surface area contributed by atoms with E-state index in [1.807, 2.05) is 36.4 Å². The molecule has 0 aliphatic heterocycles. The third kappa shape index (κ3) is 5.61. The summed E-state index contributed by atoms with van der Waals surface area (Å²) in [6.45, 7) is 0. The molecule has 5 aliphatic carbocycles. The highest BCUT2D eigenvalue weighted by Crippen LogP contribution is 2.69. The van der Waals surface area contributed by atoms with Crippen molar-refractivity contribution >= 4 is 10.8 Å². The van der Waals surface area contributed by atoms with E-state index in [9.17, 15) is 0 Å². The Morgan fingerprint density at radius 3 is 1.53 bits per heavy atom. The van der Waals surface area contributed by atoms with E-state index in [-0.39, 0.29) is 5.41 Å². The van der Waals surface area contributed by atoms with Crippen molar-refractivity contribution in [3.63, 3.8) is 0 Å². The van der Waals surface area contributed by atoms with Gasteiger partial charge in [-0.25, -0.2) is 15.0 Å². The Bertz CT molecular complexity index is 3100. The molecule has 3 nitrogen and oxygen atoms in total. The van der Waals surface area contributed by atoms with E-state index in [0.717, 1.165) is 34.1 Å². The Balaban J connectivity index is 1.03. The van der Waals surface area contributed by atoms with Crippen molar-refractivity contribution in [2.75, 3.05) is 0 Å². The minimum Gasteiger partial charge on any atom is -0.208 e. The zero-order valence-corrected chi connectivity index (χ0v) is 34.6. The molecule has 9 aromatic rings. The van der Waals surface area contributed by atoms with Crippen LogP contribution in [0.2, 0.25) is 0 Å². The molecule has 1 aromatic heterocycles. The highest BCUT2D eigenvalue weighted by atomic mass is 15.0. The van der Waals surface area contributed by atoms with Gasteiger partial charge >= 0.3 is 0 Å². The van der Waals surface area contributed by atoms with Crippen LogP contribution in [0.25, 0.3) is 89.4 Å². The van der Waals surface area contributed by atoms with Crippen LogP contribution in [0.15, 0.2) is 188 Å². The fourth-order valence-electron chi connectivity index (χ4n) is 12.7. The number of aromatic nitrogens is 3. The van der Waals surface area contributed by atoms with Crippen LogP contribution in [-0.2, 0) is 5.41 Å². The van der Waals surface area contributed by atoms with Gasteiger partial charge in [0.25, 0.3) is 0 Å². The van der Waals surface area contributed by atoms with E-state index in [1.54, 1.807) is 11.1 Å². The third-order valence-electron chi connectivity index (χ3n) is 15.1. The predicted octanol–water partition coefficient (Wildman–Crippen LogP) is 14.7. The van der Waals surface area contributed by atoms with Gasteiger partial charge in [0.1, 0.15) is 0 Å². The van der Waals surface area contributed by atoms with Gasteiger partial charge in [-0.15, -0.1) is 0 Å². The minimum absolute atomic E-state index is 0.0444. The predicted molar refractivity (Wildman–Crippen MR) is 253 cm³/mol. The zero-order chi connectivity index (χ0) is 40.8. The third-order valence-corrected chi connectivity index (χ3v) is 15.1. The highest BCUT2D eigenvalue weighted by molar-refractivity contribution is 5.98. The van der Waals surface area contributed by atoms with Gasteiger partial charge in [-0.05, 0) is 153 Å². The van der Waals surface area contributed by atoms with Crippen LogP contribution >= 0.6 is 0 Å². The molecule has 3 heteroatoms. The number of fused-ring (bicyclic) bond motifs is 4. The van der Waals surface area contributed by atoms with Crippen LogP contribution in [-0.4, -0.2) is 15.0 Å². The molecule has 0 atom stereocenters. The summed E-state index contributed by atoms with van der Waals surface area (Å²) in [5, 5.41) is 2.46. The summed E-state index contributed by atoms with van der Waals surface area (Å²) in [5.41, 5.74) is 16.3. The molecule has 0 unspecified atom stereocenters. The Labute approximate surface area is 363 Å². The summed E-state index contributed by atoms with van der Waals surface area (Å²) in [6, 6.07) is 68.8. The summed E-state index contributed by atoms with van der Waals surface area (Å²) in [5.74, 6) is 5.11. The molecular weight excluding hydrogens is 751 g/mol. The van der Waals surface area contributed by atoms with Crippen LogP contribution in [0, 0.1) is 23.7 Å². The molecule has 296 valence electrons. The van der Waals surface area contributed by atoms with Crippen LogP contribution in [0.4, 0.5) is 0 Å². The summed E-state index contributed by atoms with van der Waals surface area (Å²) in [4.78, 5) is 15.5. The molecule has 0 amide bonds. The summed E-state index contributed by atoms with van der Waals surface area (Å²) in [6.07, 6.45) is 6.84. The largest absolute Gasteiger partial charge is 0.208 e. The Morgan fingerprint density at radius 1 is 0.323 bits per heavy atom. The first-order chi connectivity index (χ1) is 30.7. The lowest BCUT2D eigenvalue weighted by atomic mass is 9.43. The molecule has 5 aliphatic rings. The first-order valence-corrected chi connectivity index (χ1v) is 22.5. The van der Waals surface area contributed by atoms with Crippen LogP contribution in [0.5, 0.6) is 0 Å². The zero-order valence-electron chi connectivity index (χ0n) is 34.6. The molecule has 0 saturated heterocycles. The minimum atomic E-state index is 0.0444. The first-order valence-electron chi connectivity index (χ1n) is 22.5. The molecule has 0 N–H and O–H groups in total. The van der Waals surface area contributed by atoms with Crippen LogP contribution in [0.3, 0.4) is 0 Å². The molecule has 4 bridgehead atoms. The van der Waals surface area contributed by atoms with Gasteiger partial charge in [-0.2, -0.15) is 0 Å². The number of hydrogen-bond donors (Lipinski definition) is 0. The lowest BCUT2D eigenvalue weighted by Gasteiger charge is -2.61. The standard InChI is InChI=1S/C59H45N3/c1-4-13-39(14-5-1)43-24-26-54-53(35-43)52-25-23-44(36-55(52)59(54)48-28-37-27-38(30-48)31-49(59)29-37)45-32-46(51-22-12-20-40-15-10-11-21-50(40)51)34-47(33-45)58-61-56(41-16-6-2-7-17-41)60-57(62-58)42-18-8-3-9-19-42/h1-26,32-38,48-49H,27-31H2. The monoisotopic (exact) mass is 795 g/mol. The quantitative estimate of drug-likeness (QED) is 0.168. The van der Waals surface area contributed by atoms with Gasteiger partial charge in [-0.3, -0.25) is 0 Å². The molecule has 4 saturated carbocycles. The van der Waals surface area contributed by atoms with Gasteiger partial charge in [-0.1, -0.05) is 158 Å². The molecule has 1 spiro atoms. The van der Waals surface area contributed by atoms with Gasteiger partial charge in [0.2, 0.25) is 0 Å². The van der Waals surface area contributed by atoms with Gasteiger partial charge in [0.15, 0.2) is 17.5 Å². The van der Waals surface area contributed by atoms with Crippen molar-refractivity contribution in [1.82, 2.24) is 15.0 Å². The van der Waals surface area contributed by atoms with Crippen molar-refractivity contribution in [3.05, 3.63) is 199 Å². The molecule has 62 heavy (non-hydrogen) atoms. The van der Waals surface area contributed by atoms with Crippen LogP contribution < -0.4 is 0 Å². The molecule has 1 heterocycles. The maximum atomic E-state index is 5.25. The average molecular weight is 796 g/mol. The summed E-state index contributed by atoms with van der Waals surface area (Å²) < 4.78 is 0. The number of nitrogens with zero attached hydrogens (tertiary/aromatic N) is 3. The maximum absolute atomic E-state index is 5.25. The van der Waals surface area contributed by atoms with Crippen molar-refractivity contribution in [3.8, 4) is 78.7 Å². The first kappa shape index (κ1) is 35.8. The second-order valence-electron chi connectivity index (χ2n) is 18.4. The smallest absolute Gasteiger partial charge is 0.164 e. The maximum Gasteiger partial charge on any atom is 0.164 e. The topological polar surface area (TPSA) is 38.7 Å². The number of benzene rings is 8. The van der Waals surface area contributed by atoms with E-state index < -0.39 is 0 Å². The Hall–Kier alpha value is -6.97. The Morgan fingerprint density at radius 2 is 0.855 bits per heavy atom. The summed E-state index contributed by atoms with van der Waals surface area (Å²) in [7, 11) is 0. The van der Waals surface area contributed by atoms with E-state index in [4.69, 9.17) is 15.0 Å². The normalized spacial score (nSPS) is 21.6. The van der Waals surface area contributed by atoms with Crippen LogP contribution in [0.1, 0.15) is 43.2 Å². The van der Waals surface area contributed by atoms with E-state index >= 15 is 0 Å². The van der Waals surface area contributed by atoms with E-state index in [2.05, 4.69) is 152 Å². The van der Waals surface area contributed by atoms with E-state index in [1.165, 1.54) is 81.8 Å². The highest BCUT2D eigenvalue weighted by Gasteiger charge is 2.61. The van der Waals surface area contributed by atoms with Crippen molar-refractivity contribution in [1.29, 1.82) is 0 Å². The number of rotatable bonds is 6. The second-order valence-corrected chi connectivity index (χ2v) is 18.4. The average Bonchev–Trinajstić information content (AvgIpc) is 3.62. The van der Waals surface area contributed by atoms with Crippen molar-refractivity contribution in [2.24, 2.45) is 23.7 Å². The van der Waals surface area contributed by atoms with Crippen molar-refractivity contribution < 1.29 is 0 Å². The van der Waals surface area contributed by atoms with Crippen molar-refractivity contribution in [2.45, 2.75) is 37.5 Å². The molecule has 8 aromatic carbocycles. The number of hydrogen-bond acceptors (Lipinski definition) is 3.